The van der Waals surface area contributed by atoms with Gasteiger partial charge in [0.05, 0.1) is 6.26 Å². The van der Waals surface area contributed by atoms with Gasteiger partial charge in [0.1, 0.15) is 4.99 Å². The fourth-order valence-corrected chi connectivity index (χ4v) is 3.15. The van der Waals surface area contributed by atoms with Crippen LogP contribution in [-0.4, -0.2) is 31.7 Å². The lowest BCUT2D eigenvalue weighted by molar-refractivity contribution is 0.476. The summed E-state index contributed by atoms with van der Waals surface area (Å²) in [5.41, 5.74) is 6.33. The molecule has 0 fully saturated rings. The van der Waals surface area contributed by atoms with Gasteiger partial charge in [-0.05, 0) is 32.0 Å². The van der Waals surface area contributed by atoms with Crippen LogP contribution in [-0.2, 0) is 10.0 Å². The molecule has 0 heterocycles. The molecular formula is C12H18ClN3O2S2. The molecule has 0 amide bonds. The van der Waals surface area contributed by atoms with Gasteiger partial charge in [-0.2, -0.15) is 0 Å². The van der Waals surface area contributed by atoms with Crippen LogP contribution in [0.1, 0.15) is 19.4 Å². The maximum absolute atomic E-state index is 11.3. The zero-order chi connectivity index (χ0) is 15.6. The first-order valence-electron chi connectivity index (χ1n) is 5.82. The SMILES string of the molecule is CC(C)(CNc1ccc(Cl)cc1C(N)=S)NS(C)(=O)=O. The lowest BCUT2D eigenvalue weighted by atomic mass is 10.1. The number of benzene rings is 1. The molecule has 20 heavy (non-hydrogen) atoms. The van der Waals surface area contributed by atoms with E-state index in [9.17, 15) is 8.42 Å². The van der Waals surface area contributed by atoms with E-state index in [1.54, 1.807) is 32.0 Å². The summed E-state index contributed by atoms with van der Waals surface area (Å²) in [6.07, 6.45) is 1.12. The van der Waals surface area contributed by atoms with Gasteiger partial charge in [-0.1, -0.05) is 23.8 Å². The van der Waals surface area contributed by atoms with Crippen molar-refractivity contribution >= 4 is 44.5 Å². The number of rotatable bonds is 6. The first-order valence-corrected chi connectivity index (χ1v) is 8.50. The number of thiocarbonyl (C=S) groups is 1. The predicted octanol–water partition coefficient (Wildman–Crippen LogP) is 1.71. The number of hydrogen-bond acceptors (Lipinski definition) is 4. The third kappa shape index (κ3) is 5.62. The van der Waals surface area contributed by atoms with Gasteiger partial charge in [0.15, 0.2) is 0 Å². The van der Waals surface area contributed by atoms with Crippen LogP contribution >= 0.6 is 23.8 Å². The fraction of sp³-hybridized carbons (Fsp3) is 0.417. The maximum Gasteiger partial charge on any atom is 0.209 e. The molecule has 0 aliphatic carbocycles. The number of nitrogens with one attached hydrogen (secondary N) is 2. The van der Waals surface area contributed by atoms with E-state index in [0.717, 1.165) is 6.26 Å². The van der Waals surface area contributed by atoms with E-state index in [-0.39, 0.29) is 4.99 Å². The Hall–Kier alpha value is -0.890. The van der Waals surface area contributed by atoms with E-state index in [1.807, 2.05) is 0 Å². The number of anilines is 1. The van der Waals surface area contributed by atoms with E-state index in [4.69, 9.17) is 29.6 Å². The Balaban J connectivity index is 2.87. The Morgan fingerprint density at radius 2 is 2.05 bits per heavy atom. The van der Waals surface area contributed by atoms with E-state index in [0.29, 0.717) is 22.8 Å². The lowest BCUT2D eigenvalue weighted by Gasteiger charge is -2.26. The molecule has 4 N–H and O–H groups in total. The summed E-state index contributed by atoms with van der Waals surface area (Å²) in [6, 6.07) is 5.14. The third-order valence-corrected chi connectivity index (χ3v) is 3.81. The van der Waals surface area contributed by atoms with Gasteiger partial charge in [0, 0.05) is 28.4 Å². The molecule has 5 nitrogen and oxygen atoms in total. The molecule has 0 aliphatic heterocycles. The van der Waals surface area contributed by atoms with Gasteiger partial charge < -0.3 is 11.1 Å². The van der Waals surface area contributed by atoms with Gasteiger partial charge in [-0.15, -0.1) is 0 Å². The van der Waals surface area contributed by atoms with Gasteiger partial charge >= 0.3 is 0 Å². The van der Waals surface area contributed by atoms with Crippen molar-refractivity contribution in [3.63, 3.8) is 0 Å². The topological polar surface area (TPSA) is 84.2 Å². The minimum atomic E-state index is -3.28. The molecule has 1 aromatic carbocycles. The number of sulfonamides is 1. The molecule has 1 rings (SSSR count). The van der Waals surface area contributed by atoms with Crippen LogP contribution in [0.5, 0.6) is 0 Å². The Bertz CT molecular complexity index is 615. The minimum absolute atomic E-state index is 0.226. The number of halogens is 1. The van der Waals surface area contributed by atoms with Crippen molar-refractivity contribution in [2.45, 2.75) is 19.4 Å². The Morgan fingerprint density at radius 3 is 2.55 bits per heavy atom. The summed E-state index contributed by atoms with van der Waals surface area (Å²) in [4.78, 5) is 0.226. The molecule has 0 saturated carbocycles. The molecule has 1 aromatic rings. The van der Waals surface area contributed by atoms with E-state index in [2.05, 4.69) is 10.0 Å². The van der Waals surface area contributed by atoms with Crippen LogP contribution in [0.4, 0.5) is 5.69 Å². The monoisotopic (exact) mass is 335 g/mol. The van der Waals surface area contributed by atoms with Crippen molar-refractivity contribution in [3.05, 3.63) is 28.8 Å². The average Bonchev–Trinajstić information content (AvgIpc) is 2.23. The largest absolute Gasteiger partial charge is 0.389 e. The number of nitrogens with two attached hydrogens (primary N) is 1. The van der Waals surface area contributed by atoms with E-state index >= 15 is 0 Å². The van der Waals surface area contributed by atoms with Crippen LogP contribution in [0.25, 0.3) is 0 Å². The molecule has 112 valence electrons. The van der Waals surface area contributed by atoms with Crippen LogP contribution in [0, 0.1) is 0 Å². The number of hydrogen-bond donors (Lipinski definition) is 3. The van der Waals surface area contributed by atoms with Crippen LogP contribution in [0.3, 0.4) is 0 Å². The van der Waals surface area contributed by atoms with Gasteiger partial charge in [0.25, 0.3) is 0 Å². The molecule has 0 saturated heterocycles. The molecule has 0 bridgehead atoms. The molecule has 0 atom stereocenters. The summed E-state index contributed by atoms with van der Waals surface area (Å²) in [7, 11) is -3.28. The molecule has 0 unspecified atom stereocenters. The van der Waals surface area contributed by atoms with Crippen LogP contribution in [0.2, 0.25) is 5.02 Å². The van der Waals surface area contributed by atoms with Crippen molar-refractivity contribution in [1.82, 2.24) is 4.72 Å². The first-order chi connectivity index (χ1) is 9.00. The van der Waals surface area contributed by atoms with Gasteiger partial charge in [-0.25, -0.2) is 13.1 Å². The van der Waals surface area contributed by atoms with Crippen molar-refractivity contribution in [2.75, 3.05) is 18.1 Å². The standard InChI is InChI=1S/C12H18ClN3O2S2/c1-12(2,16-20(3,17)18)7-15-10-5-4-8(13)6-9(10)11(14)19/h4-6,15-16H,7H2,1-3H3,(H2,14,19). The highest BCUT2D eigenvalue weighted by Gasteiger charge is 2.22. The molecular weight excluding hydrogens is 318 g/mol. The van der Waals surface area contributed by atoms with Crippen LogP contribution < -0.4 is 15.8 Å². The van der Waals surface area contributed by atoms with Crippen LogP contribution in [0.15, 0.2) is 18.2 Å². The first kappa shape index (κ1) is 17.2. The summed E-state index contributed by atoms with van der Waals surface area (Å²) in [5, 5.41) is 3.67. The van der Waals surface area contributed by atoms with Crippen molar-refractivity contribution < 1.29 is 8.42 Å². The quantitative estimate of drug-likeness (QED) is 0.689. The zero-order valence-corrected chi connectivity index (χ0v) is 13.9. The Morgan fingerprint density at radius 1 is 1.45 bits per heavy atom. The molecule has 8 heteroatoms. The van der Waals surface area contributed by atoms with Crippen molar-refractivity contribution in [2.24, 2.45) is 5.73 Å². The van der Waals surface area contributed by atoms with E-state index in [1.165, 1.54) is 0 Å². The highest BCUT2D eigenvalue weighted by molar-refractivity contribution is 7.88. The summed E-state index contributed by atoms with van der Waals surface area (Å²) >= 11 is 10.9. The van der Waals surface area contributed by atoms with Crippen molar-refractivity contribution in [1.29, 1.82) is 0 Å². The molecule has 0 aromatic heterocycles. The third-order valence-electron chi connectivity index (χ3n) is 2.43. The smallest absolute Gasteiger partial charge is 0.209 e. The normalized spacial score (nSPS) is 12.2. The van der Waals surface area contributed by atoms with Gasteiger partial charge in [-0.3, -0.25) is 0 Å². The Kier molecular flexibility index (Phi) is 5.37. The second kappa shape index (κ2) is 6.26. The molecule has 0 spiro atoms. The second-order valence-electron chi connectivity index (χ2n) is 5.17. The lowest BCUT2D eigenvalue weighted by Crippen LogP contribution is -2.47. The minimum Gasteiger partial charge on any atom is -0.389 e. The van der Waals surface area contributed by atoms with E-state index < -0.39 is 15.6 Å². The molecule has 0 radical (unpaired) electrons. The summed E-state index contributed by atoms with van der Waals surface area (Å²) < 4.78 is 25.1. The second-order valence-corrected chi connectivity index (χ2v) is 7.79. The van der Waals surface area contributed by atoms with Crippen molar-refractivity contribution in [3.8, 4) is 0 Å². The predicted molar refractivity (Wildman–Crippen MR) is 87.9 cm³/mol. The summed E-state index contributed by atoms with van der Waals surface area (Å²) in [5.74, 6) is 0. The maximum atomic E-state index is 11.3. The van der Waals surface area contributed by atoms with Gasteiger partial charge in [0.2, 0.25) is 10.0 Å². The highest BCUT2D eigenvalue weighted by Crippen LogP contribution is 2.21. The average molecular weight is 336 g/mol. The Labute approximate surface area is 129 Å². The highest BCUT2D eigenvalue weighted by atomic mass is 35.5. The zero-order valence-electron chi connectivity index (χ0n) is 11.5. The fourth-order valence-electron chi connectivity index (χ4n) is 1.73. The molecule has 0 aliphatic rings. The summed E-state index contributed by atoms with van der Waals surface area (Å²) in [6.45, 7) is 3.92.